The molecule has 0 spiro atoms. The Bertz CT molecular complexity index is 467. The molecule has 0 bridgehead atoms. The van der Waals surface area contributed by atoms with Crippen LogP contribution < -0.4 is 0 Å². The molecule has 6 heteroatoms. The Morgan fingerprint density at radius 2 is 2.22 bits per heavy atom. The van der Waals surface area contributed by atoms with Gasteiger partial charge in [0, 0.05) is 37.2 Å². The zero-order chi connectivity index (χ0) is 13.1. The predicted octanol–water partition coefficient (Wildman–Crippen LogP) is 0.881. The molecule has 98 valence electrons. The van der Waals surface area contributed by atoms with E-state index in [4.69, 9.17) is 4.74 Å². The van der Waals surface area contributed by atoms with Crippen LogP contribution in [0.2, 0.25) is 0 Å². The van der Waals surface area contributed by atoms with Gasteiger partial charge in [0.1, 0.15) is 0 Å². The molecule has 1 aliphatic heterocycles. The van der Waals surface area contributed by atoms with Crippen LogP contribution in [0.3, 0.4) is 0 Å². The third-order valence-electron chi connectivity index (χ3n) is 3.06. The molecule has 0 aromatic carbocycles. The van der Waals surface area contributed by atoms with Crippen LogP contribution in [0.4, 0.5) is 0 Å². The second-order valence-electron chi connectivity index (χ2n) is 4.17. The van der Waals surface area contributed by atoms with Gasteiger partial charge in [-0.05, 0) is 6.92 Å². The maximum atomic E-state index is 11.7. The smallest absolute Gasteiger partial charge is 0.359 e. The van der Waals surface area contributed by atoms with Gasteiger partial charge in [-0.15, -0.1) is 0 Å². The Kier molecular flexibility index (Phi) is 3.64. The van der Waals surface area contributed by atoms with Crippen LogP contribution in [0.25, 0.3) is 0 Å². The van der Waals surface area contributed by atoms with E-state index in [1.165, 1.54) is 0 Å². The first kappa shape index (κ1) is 12.6. The van der Waals surface area contributed by atoms with Gasteiger partial charge in [0.15, 0.2) is 5.69 Å². The summed E-state index contributed by atoms with van der Waals surface area (Å²) in [6, 6.07) is 0. The molecule has 0 fully saturated rings. The molecule has 0 atom stereocenters. The minimum absolute atomic E-state index is 0.0941. The van der Waals surface area contributed by atoms with Gasteiger partial charge in [-0.25, -0.2) is 4.79 Å². The van der Waals surface area contributed by atoms with E-state index in [1.54, 1.807) is 11.8 Å². The van der Waals surface area contributed by atoms with E-state index in [0.29, 0.717) is 38.2 Å². The number of fused-ring (bicyclic) bond motifs is 1. The third kappa shape index (κ3) is 2.23. The first-order valence-electron chi connectivity index (χ1n) is 6.18. The molecule has 0 saturated heterocycles. The summed E-state index contributed by atoms with van der Waals surface area (Å²) < 4.78 is 4.95. The highest BCUT2D eigenvalue weighted by Gasteiger charge is 2.27. The maximum Gasteiger partial charge on any atom is 0.359 e. The average Bonchev–Trinajstić information content (AvgIpc) is 2.80. The van der Waals surface area contributed by atoms with Crippen molar-refractivity contribution in [2.75, 3.05) is 13.2 Å². The van der Waals surface area contributed by atoms with Crippen molar-refractivity contribution in [2.24, 2.45) is 0 Å². The summed E-state index contributed by atoms with van der Waals surface area (Å²) in [5.41, 5.74) is 2.03. The van der Waals surface area contributed by atoms with E-state index in [0.717, 1.165) is 11.3 Å². The van der Waals surface area contributed by atoms with Gasteiger partial charge < -0.3 is 9.64 Å². The first-order chi connectivity index (χ1) is 8.67. The molecule has 0 aliphatic carbocycles. The minimum Gasteiger partial charge on any atom is -0.461 e. The molecular formula is C12H17N3O3. The van der Waals surface area contributed by atoms with Gasteiger partial charge in [-0.1, -0.05) is 6.92 Å². The van der Waals surface area contributed by atoms with E-state index < -0.39 is 5.97 Å². The standard InChI is InChI=1S/C12H17N3O3/c1-3-10(16)15-6-5-9-8(7-15)11(14-13-9)12(17)18-4-2/h3-7H2,1-2H3,(H,13,14). The number of ether oxygens (including phenoxy) is 1. The number of nitrogens with one attached hydrogen (secondary N) is 1. The minimum atomic E-state index is -0.430. The number of H-pyrrole nitrogens is 1. The number of carbonyl (C=O) groups excluding carboxylic acids is 2. The number of rotatable bonds is 3. The van der Waals surface area contributed by atoms with Crippen LogP contribution in [0, 0.1) is 0 Å². The largest absolute Gasteiger partial charge is 0.461 e. The van der Waals surface area contributed by atoms with Crippen molar-refractivity contribution >= 4 is 11.9 Å². The van der Waals surface area contributed by atoms with E-state index in [2.05, 4.69) is 10.2 Å². The fourth-order valence-corrected chi connectivity index (χ4v) is 2.10. The van der Waals surface area contributed by atoms with E-state index in [-0.39, 0.29) is 5.91 Å². The van der Waals surface area contributed by atoms with Crippen molar-refractivity contribution in [3.63, 3.8) is 0 Å². The highest BCUT2D eigenvalue weighted by atomic mass is 16.5. The van der Waals surface area contributed by atoms with Gasteiger partial charge in [-0.3, -0.25) is 9.89 Å². The first-order valence-corrected chi connectivity index (χ1v) is 6.18. The molecule has 1 aliphatic rings. The summed E-state index contributed by atoms with van der Waals surface area (Å²) in [6.45, 7) is 5.01. The quantitative estimate of drug-likeness (QED) is 0.809. The topological polar surface area (TPSA) is 75.3 Å². The number of hydrogen-bond acceptors (Lipinski definition) is 4. The normalized spacial score (nSPS) is 14.2. The zero-order valence-electron chi connectivity index (χ0n) is 10.7. The molecule has 1 aromatic rings. The number of nitrogens with zero attached hydrogens (tertiary/aromatic N) is 2. The van der Waals surface area contributed by atoms with Gasteiger partial charge >= 0.3 is 5.97 Å². The Morgan fingerprint density at radius 1 is 1.44 bits per heavy atom. The van der Waals surface area contributed by atoms with Crippen LogP contribution in [0.5, 0.6) is 0 Å². The lowest BCUT2D eigenvalue weighted by atomic mass is 10.1. The summed E-state index contributed by atoms with van der Waals surface area (Å²) in [7, 11) is 0. The van der Waals surface area contributed by atoms with E-state index in [9.17, 15) is 9.59 Å². The molecular weight excluding hydrogens is 234 g/mol. The van der Waals surface area contributed by atoms with Crippen molar-refractivity contribution < 1.29 is 14.3 Å². The average molecular weight is 251 g/mol. The summed E-state index contributed by atoms with van der Waals surface area (Å²) in [5, 5.41) is 6.85. The molecule has 2 rings (SSSR count). The lowest BCUT2D eigenvalue weighted by molar-refractivity contribution is -0.131. The molecule has 6 nitrogen and oxygen atoms in total. The van der Waals surface area contributed by atoms with Crippen molar-refractivity contribution in [1.82, 2.24) is 15.1 Å². The van der Waals surface area contributed by atoms with Crippen molar-refractivity contribution in [2.45, 2.75) is 33.2 Å². The SMILES string of the molecule is CCOC(=O)c1n[nH]c2c1CN(C(=O)CC)CC2. The highest BCUT2D eigenvalue weighted by Crippen LogP contribution is 2.21. The fraction of sp³-hybridized carbons (Fsp3) is 0.583. The molecule has 0 saturated carbocycles. The fourth-order valence-electron chi connectivity index (χ4n) is 2.10. The lowest BCUT2D eigenvalue weighted by Crippen LogP contribution is -2.35. The van der Waals surface area contributed by atoms with Crippen molar-refractivity contribution in [3.05, 3.63) is 17.0 Å². The lowest BCUT2D eigenvalue weighted by Gasteiger charge is -2.26. The van der Waals surface area contributed by atoms with E-state index >= 15 is 0 Å². The zero-order valence-corrected chi connectivity index (χ0v) is 10.7. The Labute approximate surface area is 105 Å². The van der Waals surface area contributed by atoms with Crippen LogP contribution in [-0.4, -0.2) is 40.1 Å². The number of esters is 1. The molecule has 0 radical (unpaired) electrons. The maximum absolute atomic E-state index is 11.7. The number of amides is 1. The van der Waals surface area contributed by atoms with Crippen LogP contribution in [-0.2, 0) is 22.5 Å². The van der Waals surface area contributed by atoms with Crippen LogP contribution in [0.15, 0.2) is 0 Å². The summed E-state index contributed by atoms with van der Waals surface area (Å²) >= 11 is 0. The molecule has 1 amide bonds. The van der Waals surface area contributed by atoms with Gasteiger partial charge in [0.2, 0.25) is 5.91 Å². The van der Waals surface area contributed by atoms with Gasteiger partial charge in [0.05, 0.1) is 6.61 Å². The van der Waals surface area contributed by atoms with Crippen molar-refractivity contribution in [3.8, 4) is 0 Å². The van der Waals surface area contributed by atoms with Crippen LogP contribution >= 0.6 is 0 Å². The number of aromatic nitrogens is 2. The molecule has 2 heterocycles. The summed E-state index contributed by atoms with van der Waals surface area (Å²) in [5.74, 6) is -0.336. The predicted molar refractivity (Wildman–Crippen MR) is 64.0 cm³/mol. The number of carbonyl (C=O) groups is 2. The second kappa shape index (κ2) is 5.20. The molecule has 1 N–H and O–H groups in total. The summed E-state index contributed by atoms with van der Waals surface area (Å²) in [6.07, 6.45) is 1.18. The number of aromatic amines is 1. The third-order valence-corrected chi connectivity index (χ3v) is 3.06. The van der Waals surface area contributed by atoms with Crippen LogP contribution in [0.1, 0.15) is 42.0 Å². The molecule has 1 aromatic heterocycles. The Balaban J connectivity index is 2.21. The Morgan fingerprint density at radius 3 is 2.89 bits per heavy atom. The second-order valence-corrected chi connectivity index (χ2v) is 4.17. The number of hydrogen-bond donors (Lipinski definition) is 1. The van der Waals surface area contributed by atoms with E-state index in [1.807, 2.05) is 6.92 Å². The molecule has 18 heavy (non-hydrogen) atoms. The monoisotopic (exact) mass is 251 g/mol. The Hall–Kier alpha value is -1.85. The van der Waals surface area contributed by atoms with Gasteiger partial charge in [-0.2, -0.15) is 5.10 Å². The van der Waals surface area contributed by atoms with Gasteiger partial charge in [0.25, 0.3) is 0 Å². The highest BCUT2D eigenvalue weighted by molar-refractivity contribution is 5.89. The molecule has 0 unspecified atom stereocenters. The summed E-state index contributed by atoms with van der Waals surface area (Å²) in [4.78, 5) is 25.2. The van der Waals surface area contributed by atoms with Crippen molar-refractivity contribution in [1.29, 1.82) is 0 Å².